The summed E-state index contributed by atoms with van der Waals surface area (Å²) >= 11 is 0. The SMILES string of the molecule is CCCc1cc(NN)nc(C2CCC(CC)CC2)n1. The fourth-order valence-electron chi connectivity index (χ4n) is 2.99. The maximum absolute atomic E-state index is 5.52. The first-order chi connectivity index (χ1) is 9.26. The average Bonchev–Trinajstić information content (AvgIpc) is 2.47. The molecule has 0 aromatic carbocycles. The third-order valence-corrected chi connectivity index (χ3v) is 4.24. The van der Waals surface area contributed by atoms with Crippen LogP contribution in [0.5, 0.6) is 0 Å². The summed E-state index contributed by atoms with van der Waals surface area (Å²) < 4.78 is 0. The molecule has 0 unspecified atom stereocenters. The third kappa shape index (κ3) is 3.66. The topological polar surface area (TPSA) is 63.8 Å². The molecule has 0 aliphatic heterocycles. The quantitative estimate of drug-likeness (QED) is 0.630. The molecule has 106 valence electrons. The Hall–Kier alpha value is -1.16. The molecule has 4 heteroatoms. The summed E-state index contributed by atoms with van der Waals surface area (Å²) in [6, 6.07) is 1.96. The fraction of sp³-hybridized carbons (Fsp3) is 0.733. The number of nitrogens with zero attached hydrogens (tertiary/aromatic N) is 2. The van der Waals surface area contributed by atoms with Crippen LogP contribution in [0.4, 0.5) is 5.82 Å². The van der Waals surface area contributed by atoms with E-state index >= 15 is 0 Å². The highest BCUT2D eigenvalue weighted by Gasteiger charge is 2.23. The molecule has 2 rings (SSSR count). The first-order valence-corrected chi connectivity index (χ1v) is 7.61. The van der Waals surface area contributed by atoms with Gasteiger partial charge in [-0.1, -0.05) is 26.7 Å². The van der Waals surface area contributed by atoms with E-state index in [1.54, 1.807) is 0 Å². The first kappa shape index (κ1) is 14.3. The van der Waals surface area contributed by atoms with E-state index < -0.39 is 0 Å². The van der Waals surface area contributed by atoms with E-state index in [-0.39, 0.29) is 0 Å². The molecule has 1 aliphatic rings. The van der Waals surface area contributed by atoms with Crippen molar-refractivity contribution in [2.75, 3.05) is 5.43 Å². The highest BCUT2D eigenvalue weighted by molar-refractivity contribution is 5.35. The van der Waals surface area contributed by atoms with Crippen LogP contribution in [0.2, 0.25) is 0 Å². The summed E-state index contributed by atoms with van der Waals surface area (Å²) in [7, 11) is 0. The van der Waals surface area contributed by atoms with Gasteiger partial charge in [-0.3, -0.25) is 0 Å². The summed E-state index contributed by atoms with van der Waals surface area (Å²) in [4.78, 5) is 9.30. The van der Waals surface area contributed by atoms with Gasteiger partial charge >= 0.3 is 0 Å². The second kappa shape index (κ2) is 6.85. The van der Waals surface area contributed by atoms with Crippen LogP contribution in [-0.2, 0) is 6.42 Å². The van der Waals surface area contributed by atoms with Gasteiger partial charge < -0.3 is 5.43 Å². The van der Waals surface area contributed by atoms with Crippen LogP contribution in [-0.4, -0.2) is 9.97 Å². The Labute approximate surface area is 116 Å². The number of nitrogens with one attached hydrogen (secondary N) is 1. The van der Waals surface area contributed by atoms with E-state index in [2.05, 4.69) is 24.3 Å². The molecule has 0 amide bonds. The van der Waals surface area contributed by atoms with Gasteiger partial charge in [-0.05, 0) is 38.0 Å². The Bertz CT molecular complexity index is 397. The molecule has 1 heterocycles. The lowest BCUT2D eigenvalue weighted by Crippen LogP contribution is -2.17. The van der Waals surface area contributed by atoms with Crippen LogP contribution in [0.25, 0.3) is 0 Å². The van der Waals surface area contributed by atoms with Gasteiger partial charge in [0, 0.05) is 17.7 Å². The molecule has 0 spiro atoms. The minimum Gasteiger partial charge on any atom is -0.308 e. The number of anilines is 1. The Morgan fingerprint density at radius 1 is 1.21 bits per heavy atom. The molecule has 0 atom stereocenters. The van der Waals surface area contributed by atoms with E-state index in [0.29, 0.717) is 5.92 Å². The lowest BCUT2D eigenvalue weighted by molar-refractivity contribution is 0.312. The maximum atomic E-state index is 5.52. The molecule has 0 bridgehead atoms. The molecule has 1 aromatic rings. The van der Waals surface area contributed by atoms with E-state index in [9.17, 15) is 0 Å². The van der Waals surface area contributed by atoms with Crippen molar-refractivity contribution in [3.05, 3.63) is 17.6 Å². The number of hydrogen-bond donors (Lipinski definition) is 2. The summed E-state index contributed by atoms with van der Waals surface area (Å²) in [5.74, 6) is 8.69. The lowest BCUT2D eigenvalue weighted by Gasteiger charge is -2.27. The zero-order chi connectivity index (χ0) is 13.7. The van der Waals surface area contributed by atoms with Crippen LogP contribution >= 0.6 is 0 Å². The molecule has 3 N–H and O–H groups in total. The predicted octanol–water partition coefficient (Wildman–Crippen LogP) is 3.40. The van der Waals surface area contributed by atoms with E-state index in [1.807, 2.05) is 6.07 Å². The predicted molar refractivity (Wildman–Crippen MR) is 78.8 cm³/mol. The molecule has 19 heavy (non-hydrogen) atoms. The van der Waals surface area contributed by atoms with Crippen LogP contribution < -0.4 is 11.3 Å². The largest absolute Gasteiger partial charge is 0.308 e. The van der Waals surface area contributed by atoms with Gasteiger partial charge in [0.2, 0.25) is 0 Å². The Morgan fingerprint density at radius 2 is 1.95 bits per heavy atom. The summed E-state index contributed by atoms with van der Waals surface area (Å²) in [5, 5.41) is 0. The smallest absolute Gasteiger partial charge is 0.143 e. The van der Waals surface area contributed by atoms with Crippen LogP contribution in [0.15, 0.2) is 6.07 Å². The fourth-order valence-corrected chi connectivity index (χ4v) is 2.99. The molecule has 1 aliphatic carbocycles. The highest BCUT2D eigenvalue weighted by Crippen LogP contribution is 2.35. The Balaban J connectivity index is 2.12. The van der Waals surface area contributed by atoms with Crippen molar-refractivity contribution in [2.24, 2.45) is 11.8 Å². The molecule has 1 fully saturated rings. The van der Waals surface area contributed by atoms with E-state index in [1.165, 1.54) is 32.1 Å². The van der Waals surface area contributed by atoms with E-state index in [0.717, 1.165) is 36.1 Å². The van der Waals surface area contributed by atoms with Gasteiger partial charge in [-0.2, -0.15) is 0 Å². The molecular weight excluding hydrogens is 236 g/mol. The van der Waals surface area contributed by atoms with Gasteiger partial charge in [-0.15, -0.1) is 0 Å². The van der Waals surface area contributed by atoms with Crippen molar-refractivity contribution < 1.29 is 0 Å². The van der Waals surface area contributed by atoms with Gasteiger partial charge in [-0.25, -0.2) is 15.8 Å². The Kier molecular flexibility index (Phi) is 5.14. The van der Waals surface area contributed by atoms with Crippen molar-refractivity contribution in [1.82, 2.24) is 9.97 Å². The zero-order valence-electron chi connectivity index (χ0n) is 12.2. The monoisotopic (exact) mass is 262 g/mol. The molecule has 0 saturated heterocycles. The number of hydrazine groups is 1. The lowest BCUT2D eigenvalue weighted by atomic mass is 9.80. The molecule has 1 saturated carbocycles. The van der Waals surface area contributed by atoms with Gasteiger partial charge in [0.15, 0.2) is 0 Å². The van der Waals surface area contributed by atoms with Crippen LogP contribution in [0.3, 0.4) is 0 Å². The van der Waals surface area contributed by atoms with Gasteiger partial charge in [0.1, 0.15) is 11.6 Å². The number of aromatic nitrogens is 2. The number of hydrogen-bond acceptors (Lipinski definition) is 4. The van der Waals surface area contributed by atoms with Crippen molar-refractivity contribution in [1.29, 1.82) is 0 Å². The maximum Gasteiger partial charge on any atom is 0.143 e. The molecule has 1 aromatic heterocycles. The average molecular weight is 262 g/mol. The third-order valence-electron chi connectivity index (χ3n) is 4.24. The molecule has 0 radical (unpaired) electrons. The highest BCUT2D eigenvalue weighted by atomic mass is 15.3. The number of aryl methyl sites for hydroxylation is 1. The summed E-state index contributed by atoms with van der Waals surface area (Å²) in [6.45, 7) is 4.46. The first-order valence-electron chi connectivity index (χ1n) is 7.61. The minimum absolute atomic E-state index is 0.520. The van der Waals surface area contributed by atoms with Gasteiger partial charge in [0.05, 0.1) is 0 Å². The second-order valence-corrected chi connectivity index (χ2v) is 5.62. The normalized spacial score (nSPS) is 23.3. The standard InChI is InChI=1S/C15H26N4/c1-3-5-13-10-14(19-16)18-15(17-13)12-8-6-11(4-2)7-9-12/h10-12H,3-9,16H2,1-2H3,(H,17,18,19). The van der Waals surface area contributed by atoms with Crippen molar-refractivity contribution in [3.63, 3.8) is 0 Å². The van der Waals surface area contributed by atoms with E-state index in [4.69, 9.17) is 10.8 Å². The Morgan fingerprint density at radius 3 is 2.53 bits per heavy atom. The molecule has 4 nitrogen and oxygen atoms in total. The molecular formula is C15H26N4. The van der Waals surface area contributed by atoms with Crippen LogP contribution in [0, 0.1) is 5.92 Å². The van der Waals surface area contributed by atoms with Gasteiger partial charge in [0.25, 0.3) is 0 Å². The minimum atomic E-state index is 0.520. The second-order valence-electron chi connectivity index (χ2n) is 5.62. The number of nitrogens with two attached hydrogens (primary N) is 1. The van der Waals surface area contributed by atoms with Crippen molar-refractivity contribution >= 4 is 5.82 Å². The van der Waals surface area contributed by atoms with Crippen LogP contribution in [0.1, 0.15) is 69.8 Å². The summed E-state index contributed by atoms with van der Waals surface area (Å²) in [6.07, 6.45) is 8.47. The van der Waals surface area contributed by atoms with Crippen molar-refractivity contribution in [2.45, 2.75) is 64.7 Å². The number of nitrogen functional groups attached to an aromatic ring is 1. The van der Waals surface area contributed by atoms with Crippen molar-refractivity contribution in [3.8, 4) is 0 Å². The number of rotatable bonds is 5. The summed E-state index contributed by atoms with van der Waals surface area (Å²) in [5.41, 5.74) is 3.78. The zero-order valence-corrected chi connectivity index (χ0v) is 12.2.